The van der Waals surface area contributed by atoms with Gasteiger partial charge in [-0.25, -0.2) is 0 Å². The maximum Gasteiger partial charge on any atom is 0.217 e. The van der Waals surface area contributed by atoms with E-state index in [0.29, 0.717) is 30.7 Å². The summed E-state index contributed by atoms with van der Waals surface area (Å²) < 4.78 is 0. The number of primary amides is 1. The van der Waals surface area contributed by atoms with Crippen molar-refractivity contribution in [1.29, 1.82) is 0 Å². The molecule has 0 saturated heterocycles. The zero-order valence-corrected chi connectivity index (χ0v) is 17.6. The highest BCUT2D eigenvalue weighted by molar-refractivity contribution is 5.74. The smallest absolute Gasteiger partial charge is 0.217 e. The molecule has 1 amide bonds. The number of carbonyl (C=O) groups excluding carboxylic acids is 1. The Hall–Kier alpha value is -2.33. The summed E-state index contributed by atoms with van der Waals surface area (Å²) in [7, 11) is 0. The average Bonchev–Trinajstić information content (AvgIpc) is 2.65. The highest BCUT2D eigenvalue weighted by Gasteiger charge is 2.21. The van der Waals surface area contributed by atoms with Crippen molar-refractivity contribution >= 4 is 5.91 Å². The summed E-state index contributed by atoms with van der Waals surface area (Å²) in [6, 6.07) is 16.9. The molecule has 4 nitrogen and oxygen atoms in total. The predicted molar refractivity (Wildman–Crippen MR) is 116 cm³/mol. The van der Waals surface area contributed by atoms with Crippen molar-refractivity contribution in [1.82, 2.24) is 4.90 Å². The summed E-state index contributed by atoms with van der Waals surface area (Å²) in [4.78, 5) is 13.6. The van der Waals surface area contributed by atoms with Crippen molar-refractivity contribution in [2.45, 2.75) is 65.0 Å². The Morgan fingerprint density at radius 3 is 2.25 bits per heavy atom. The molecule has 152 valence electrons. The van der Waals surface area contributed by atoms with Gasteiger partial charge in [0.15, 0.2) is 0 Å². The third-order valence-corrected chi connectivity index (χ3v) is 5.33. The molecular weight excluding hydrogens is 348 g/mol. The molecule has 2 aromatic carbocycles. The Balaban J connectivity index is 2.34. The fraction of sp³-hybridized carbons (Fsp3) is 0.458. The molecule has 0 heterocycles. The average molecular weight is 383 g/mol. The van der Waals surface area contributed by atoms with E-state index in [1.165, 1.54) is 5.56 Å². The van der Waals surface area contributed by atoms with Crippen LogP contribution in [0.3, 0.4) is 0 Å². The second-order valence-corrected chi connectivity index (χ2v) is 8.04. The van der Waals surface area contributed by atoms with Crippen LogP contribution in [0.1, 0.15) is 63.1 Å². The zero-order chi connectivity index (χ0) is 20.7. The first-order chi connectivity index (χ1) is 13.3. The van der Waals surface area contributed by atoms with Crippen LogP contribution in [0.2, 0.25) is 0 Å². The topological polar surface area (TPSA) is 66.6 Å². The van der Waals surface area contributed by atoms with E-state index >= 15 is 0 Å². The fourth-order valence-electron chi connectivity index (χ4n) is 3.88. The number of rotatable bonds is 10. The molecule has 28 heavy (non-hydrogen) atoms. The second-order valence-electron chi connectivity index (χ2n) is 8.04. The largest absolute Gasteiger partial charge is 0.508 e. The Kier molecular flexibility index (Phi) is 8.06. The number of benzene rings is 2. The lowest BCUT2D eigenvalue weighted by atomic mass is 9.86. The Bertz CT molecular complexity index is 748. The van der Waals surface area contributed by atoms with Gasteiger partial charge in [0.2, 0.25) is 5.91 Å². The van der Waals surface area contributed by atoms with Gasteiger partial charge in [0, 0.05) is 30.0 Å². The molecule has 0 aromatic heterocycles. The van der Waals surface area contributed by atoms with Crippen LogP contribution in [0, 0.1) is 0 Å². The summed E-state index contributed by atoms with van der Waals surface area (Å²) in [5, 5.41) is 10.6. The molecule has 3 N–H and O–H groups in total. The standard InChI is InChI=1S/C24H34N2O2/c1-17(2)26(18(3)4)15-14-21(20-8-6-5-7-9-20)22-16-19(10-12-23(22)27)11-13-24(25)28/h5-10,12,16-18,21,27H,11,13-15H2,1-4H3,(H2,25,28). The van der Waals surface area contributed by atoms with E-state index in [9.17, 15) is 9.90 Å². The van der Waals surface area contributed by atoms with Gasteiger partial charge in [-0.2, -0.15) is 0 Å². The molecule has 0 fully saturated rings. The first-order valence-corrected chi connectivity index (χ1v) is 10.2. The third-order valence-electron chi connectivity index (χ3n) is 5.33. The Morgan fingerprint density at radius 1 is 1.04 bits per heavy atom. The van der Waals surface area contributed by atoms with E-state index in [1.54, 1.807) is 6.07 Å². The number of hydrogen-bond donors (Lipinski definition) is 2. The molecule has 0 aliphatic rings. The maximum atomic E-state index is 11.2. The molecule has 0 aliphatic heterocycles. The molecular formula is C24H34N2O2. The van der Waals surface area contributed by atoms with Crippen LogP contribution in [-0.4, -0.2) is 34.5 Å². The minimum atomic E-state index is -0.307. The first kappa shape index (κ1) is 22.0. The summed E-state index contributed by atoms with van der Waals surface area (Å²) in [6.45, 7) is 9.83. The van der Waals surface area contributed by atoms with Crippen LogP contribution in [0.25, 0.3) is 0 Å². The van der Waals surface area contributed by atoms with Gasteiger partial charge < -0.3 is 10.8 Å². The molecule has 0 aliphatic carbocycles. The minimum Gasteiger partial charge on any atom is -0.508 e. The van der Waals surface area contributed by atoms with Crippen molar-refractivity contribution in [3.63, 3.8) is 0 Å². The quantitative estimate of drug-likeness (QED) is 0.638. The highest BCUT2D eigenvalue weighted by Crippen LogP contribution is 2.35. The van der Waals surface area contributed by atoms with Crippen molar-refractivity contribution in [3.8, 4) is 5.75 Å². The van der Waals surface area contributed by atoms with Gasteiger partial charge in [0.1, 0.15) is 5.75 Å². The molecule has 0 bridgehead atoms. The normalized spacial score (nSPS) is 12.7. The molecule has 2 aromatic rings. The van der Waals surface area contributed by atoms with E-state index in [4.69, 9.17) is 5.73 Å². The van der Waals surface area contributed by atoms with E-state index in [1.807, 2.05) is 30.3 Å². The molecule has 0 spiro atoms. The number of phenols is 1. The molecule has 4 heteroatoms. The number of phenolic OH excluding ortho intramolecular Hbond substituents is 1. The zero-order valence-electron chi connectivity index (χ0n) is 17.6. The first-order valence-electron chi connectivity index (χ1n) is 10.2. The summed E-state index contributed by atoms with van der Waals surface area (Å²) in [6.07, 6.45) is 1.82. The van der Waals surface area contributed by atoms with Crippen molar-refractivity contribution in [2.24, 2.45) is 5.73 Å². The van der Waals surface area contributed by atoms with Crippen LogP contribution >= 0.6 is 0 Å². The number of hydrogen-bond acceptors (Lipinski definition) is 3. The SMILES string of the molecule is CC(C)N(CCC(c1ccccc1)c1cc(CCC(N)=O)ccc1O)C(C)C. The van der Waals surface area contributed by atoms with E-state index in [-0.39, 0.29) is 11.8 Å². The lowest BCUT2D eigenvalue weighted by Gasteiger charge is -2.32. The monoisotopic (exact) mass is 382 g/mol. The van der Waals surface area contributed by atoms with Gasteiger partial charge in [-0.1, -0.05) is 42.5 Å². The lowest BCUT2D eigenvalue weighted by Crippen LogP contribution is -2.38. The third kappa shape index (κ3) is 6.10. The lowest BCUT2D eigenvalue weighted by molar-refractivity contribution is -0.117. The molecule has 2 rings (SSSR count). The van der Waals surface area contributed by atoms with Gasteiger partial charge >= 0.3 is 0 Å². The van der Waals surface area contributed by atoms with Crippen LogP contribution in [-0.2, 0) is 11.2 Å². The van der Waals surface area contributed by atoms with E-state index < -0.39 is 0 Å². The number of aromatic hydroxyl groups is 1. The summed E-state index contributed by atoms with van der Waals surface area (Å²) in [5.74, 6) is 0.0887. The van der Waals surface area contributed by atoms with Gasteiger partial charge in [0.25, 0.3) is 0 Å². The Labute approximate surface area is 169 Å². The maximum absolute atomic E-state index is 11.2. The van der Waals surface area contributed by atoms with Crippen LogP contribution in [0.15, 0.2) is 48.5 Å². The van der Waals surface area contributed by atoms with Gasteiger partial charge in [-0.05, 0) is 64.3 Å². The fourth-order valence-corrected chi connectivity index (χ4v) is 3.88. The number of nitrogens with two attached hydrogens (primary N) is 1. The number of nitrogens with zero attached hydrogens (tertiary/aromatic N) is 1. The summed E-state index contributed by atoms with van der Waals surface area (Å²) >= 11 is 0. The van der Waals surface area contributed by atoms with Crippen molar-refractivity contribution in [3.05, 3.63) is 65.2 Å². The van der Waals surface area contributed by atoms with Crippen LogP contribution < -0.4 is 5.73 Å². The van der Waals surface area contributed by atoms with Crippen LogP contribution in [0.4, 0.5) is 0 Å². The van der Waals surface area contributed by atoms with Gasteiger partial charge in [-0.3, -0.25) is 9.69 Å². The molecule has 0 saturated carbocycles. The van der Waals surface area contributed by atoms with E-state index in [0.717, 1.165) is 24.1 Å². The Morgan fingerprint density at radius 2 is 1.68 bits per heavy atom. The van der Waals surface area contributed by atoms with E-state index in [2.05, 4.69) is 44.7 Å². The molecule has 0 radical (unpaired) electrons. The number of aryl methyl sites for hydroxylation is 1. The van der Waals surface area contributed by atoms with Gasteiger partial charge in [0.05, 0.1) is 0 Å². The minimum absolute atomic E-state index is 0.0923. The number of carbonyl (C=O) groups is 1. The van der Waals surface area contributed by atoms with Crippen molar-refractivity contribution in [2.75, 3.05) is 6.54 Å². The number of amides is 1. The van der Waals surface area contributed by atoms with Crippen molar-refractivity contribution < 1.29 is 9.90 Å². The molecule has 1 unspecified atom stereocenters. The predicted octanol–water partition coefficient (Wildman–Crippen LogP) is 4.45. The second kappa shape index (κ2) is 10.3. The molecule has 1 atom stereocenters. The van der Waals surface area contributed by atoms with Gasteiger partial charge in [-0.15, -0.1) is 0 Å². The summed E-state index contributed by atoms with van der Waals surface area (Å²) in [5.41, 5.74) is 8.44. The highest BCUT2D eigenvalue weighted by atomic mass is 16.3. The van der Waals surface area contributed by atoms with Crippen LogP contribution in [0.5, 0.6) is 5.75 Å².